The van der Waals surface area contributed by atoms with Gasteiger partial charge in [0.25, 0.3) is 0 Å². The molecule has 2 N–H and O–H groups in total. The largest absolute Gasteiger partial charge is 0.357 e. The lowest BCUT2D eigenvalue weighted by Crippen LogP contribution is -2.42. The zero-order chi connectivity index (χ0) is 17.5. The molecule has 7 nitrogen and oxygen atoms in total. The van der Waals surface area contributed by atoms with Gasteiger partial charge in [0.05, 0.1) is 18.0 Å². The summed E-state index contributed by atoms with van der Waals surface area (Å²) in [6.07, 6.45) is 1.80. The first-order chi connectivity index (χ1) is 10.7. The van der Waals surface area contributed by atoms with Crippen molar-refractivity contribution in [1.82, 2.24) is 15.6 Å². The van der Waals surface area contributed by atoms with Crippen molar-refractivity contribution in [2.75, 3.05) is 37.5 Å². The number of hydrogen-bond acceptors (Lipinski definition) is 6. The zero-order valence-electron chi connectivity index (χ0n) is 14.5. The average Bonchev–Trinajstić information content (AvgIpc) is 2.91. The molecule has 1 rings (SSSR count). The van der Waals surface area contributed by atoms with Crippen LogP contribution in [-0.2, 0) is 16.4 Å². The Hall–Kier alpha value is -1.35. The van der Waals surface area contributed by atoms with Crippen molar-refractivity contribution >= 4 is 32.3 Å². The number of sulfone groups is 1. The van der Waals surface area contributed by atoms with Crippen LogP contribution in [0.5, 0.6) is 0 Å². The van der Waals surface area contributed by atoms with Crippen LogP contribution in [0.2, 0.25) is 0 Å². The van der Waals surface area contributed by atoms with Gasteiger partial charge in [-0.2, -0.15) is 0 Å². The van der Waals surface area contributed by atoms with Gasteiger partial charge in [-0.1, -0.05) is 0 Å². The number of nitrogens with zero attached hydrogens (tertiary/aromatic N) is 3. The fourth-order valence-electron chi connectivity index (χ4n) is 1.75. The van der Waals surface area contributed by atoms with Crippen molar-refractivity contribution in [1.29, 1.82) is 0 Å². The number of rotatable bonds is 8. The standard InChI is InChI=1S/C14H27N5O2S2/c1-6-15-13(17-11(2)7-8-23(5,20)21)16-9-12-10-22-14(18-12)19(3)4/h10-11H,6-9H2,1-5H3,(H2,15,16,17). The molecule has 0 fully saturated rings. The summed E-state index contributed by atoms with van der Waals surface area (Å²) in [7, 11) is 0.977. The summed E-state index contributed by atoms with van der Waals surface area (Å²) < 4.78 is 22.5. The number of thiazole rings is 1. The Balaban J connectivity index is 2.61. The quantitative estimate of drug-likeness (QED) is 0.532. The number of guanidine groups is 1. The summed E-state index contributed by atoms with van der Waals surface area (Å²) >= 11 is 1.59. The lowest BCUT2D eigenvalue weighted by molar-refractivity contribution is 0.581. The van der Waals surface area contributed by atoms with Crippen molar-refractivity contribution in [2.24, 2.45) is 4.99 Å². The molecule has 0 spiro atoms. The van der Waals surface area contributed by atoms with E-state index in [0.29, 0.717) is 18.9 Å². The van der Waals surface area contributed by atoms with E-state index in [-0.39, 0.29) is 11.8 Å². The average molecular weight is 362 g/mol. The maximum atomic E-state index is 11.2. The summed E-state index contributed by atoms with van der Waals surface area (Å²) in [6.45, 7) is 5.17. The SMILES string of the molecule is CCNC(=NCc1csc(N(C)C)n1)NC(C)CCS(C)(=O)=O. The highest BCUT2D eigenvalue weighted by Gasteiger charge is 2.10. The minimum Gasteiger partial charge on any atom is -0.357 e. The van der Waals surface area contributed by atoms with E-state index in [9.17, 15) is 8.42 Å². The van der Waals surface area contributed by atoms with E-state index in [1.54, 1.807) is 11.3 Å². The van der Waals surface area contributed by atoms with E-state index < -0.39 is 9.84 Å². The third kappa shape index (κ3) is 8.17. The second kappa shape index (κ2) is 9.07. The number of aliphatic imine (C=N–C) groups is 1. The van der Waals surface area contributed by atoms with Crippen molar-refractivity contribution in [3.63, 3.8) is 0 Å². The highest BCUT2D eigenvalue weighted by atomic mass is 32.2. The molecule has 0 aliphatic heterocycles. The van der Waals surface area contributed by atoms with Crippen LogP contribution in [0.25, 0.3) is 0 Å². The summed E-state index contributed by atoms with van der Waals surface area (Å²) in [4.78, 5) is 11.0. The lowest BCUT2D eigenvalue weighted by Gasteiger charge is -2.17. The third-order valence-electron chi connectivity index (χ3n) is 2.97. The number of anilines is 1. The van der Waals surface area contributed by atoms with Gasteiger partial charge < -0.3 is 15.5 Å². The van der Waals surface area contributed by atoms with Gasteiger partial charge in [0.15, 0.2) is 11.1 Å². The van der Waals surface area contributed by atoms with Crippen molar-refractivity contribution in [3.8, 4) is 0 Å². The number of aromatic nitrogens is 1. The third-order valence-corrected chi connectivity index (χ3v) is 5.00. The molecule has 1 aromatic heterocycles. The molecular weight excluding hydrogens is 334 g/mol. The van der Waals surface area contributed by atoms with Gasteiger partial charge in [-0.05, 0) is 20.3 Å². The Labute approximate surface area is 143 Å². The summed E-state index contributed by atoms with van der Waals surface area (Å²) in [6, 6.07) is 0.0234. The maximum absolute atomic E-state index is 11.2. The fraction of sp³-hybridized carbons (Fsp3) is 0.714. The monoisotopic (exact) mass is 361 g/mol. The molecule has 0 saturated heterocycles. The van der Waals surface area contributed by atoms with E-state index in [0.717, 1.165) is 17.4 Å². The topological polar surface area (TPSA) is 86.7 Å². The van der Waals surface area contributed by atoms with Crippen molar-refractivity contribution in [3.05, 3.63) is 11.1 Å². The molecule has 0 aliphatic rings. The van der Waals surface area contributed by atoms with Gasteiger partial charge in [-0.15, -0.1) is 11.3 Å². The van der Waals surface area contributed by atoms with Crippen LogP contribution in [0, 0.1) is 0 Å². The van der Waals surface area contributed by atoms with Crippen LogP contribution in [-0.4, -0.2) is 58.1 Å². The molecule has 0 aliphatic carbocycles. The van der Waals surface area contributed by atoms with Gasteiger partial charge in [-0.25, -0.2) is 18.4 Å². The molecule has 0 amide bonds. The minimum atomic E-state index is -2.94. The Morgan fingerprint density at radius 1 is 1.48 bits per heavy atom. The number of hydrogen-bond donors (Lipinski definition) is 2. The summed E-state index contributed by atoms with van der Waals surface area (Å²) in [5, 5.41) is 9.34. The van der Waals surface area contributed by atoms with Gasteiger partial charge in [-0.3, -0.25) is 0 Å². The molecule has 0 aromatic carbocycles. The van der Waals surface area contributed by atoms with E-state index in [4.69, 9.17) is 0 Å². The van der Waals surface area contributed by atoms with Gasteiger partial charge in [0.1, 0.15) is 9.84 Å². The number of nitrogens with one attached hydrogen (secondary N) is 2. The van der Waals surface area contributed by atoms with Crippen molar-refractivity contribution in [2.45, 2.75) is 32.9 Å². The maximum Gasteiger partial charge on any atom is 0.191 e. The molecule has 9 heteroatoms. The minimum absolute atomic E-state index is 0.0234. The predicted molar refractivity (Wildman–Crippen MR) is 98.2 cm³/mol. The first-order valence-electron chi connectivity index (χ1n) is 7.55. The normalized spacial score (nSPS) is 13.7. The molecule has 132 valence electrons. The van der Waals surface area contributed by atoms with Crippen LogP contribution in [0.15, 0.2) is 10.4 Å². The van der Waals surface area contributed by atoms with Crippen LogP contribution < -0.4 is 15.5 Å². The first-order valence-corrected chi connectivity index (χ1v) is 10.5. The Kier molecular flexibility index (Phi) is 7.77. The van der Waals surface area contributed by atoms with E-state index >= 15 is 0 Å². The Bertz CT molecular complexity index is 610. The molecule has 1 heterocycles. The van der Waals surface area contributed by atoms with E-state index in [2.05, 4.69) is 20.6 Å². The van der Waals surface area contributed by atoms with Gasteiger partial charge in [0, 0.05) is 38.3 Å². The van der Waals surface area contributed by atoms with E-state index in [1.165, 1.54) is 6.26 Å². The highest BCUT2D eigenvalue weighted by Crippen LogP contribution is 2.18. The van der Waals surface area contributed by atoms with Crippen LogP contribution in [0.3, 0.4) is 0 Å². The van der Waals surface area contributed by atoms with E-state index in [1.807, 2.05) is 38.2 Å². The molecule has 0 bridgehead atoms. The van der Waals surface area contributed by atoms with Crippen LogP contribution in [0.4, 0.5) is 5.13 Å². The summed E-state index contributed by atoms with van der Waals surface area (Å²) in [5.74, 6) is 0.840. The predicted octanol–water partition coefficient (Wildman–Crippen LogP) is 1.09. The molecule has 1 aromatic rings. The van der Waals surface area contributed by atoms with Gasteiger partial charge >= 0.3 is 0 Å². The molecule has 1 atom stereocenters. The molecular formula is C14H27N5O2S2. The zero-order valence-corrected chi connectivity index (χ0v) is 16.1. The van der Waals surface area contributed by atoms with Crippen LogP contribution in [0.1, 0.15) is 26.0 Å². The second-order valence-corrected chi connectivity index (χ2v) is 8.77. The molecule has 0 radical (unpaired) electrons. The Morgan fingerprint density at radius 3 is 2.70 bits per heavy atom. The lowest BCUT2D eigenvalue weighted by atomic mass is 10.3. The summed E-state index contributed by atoms with van der Waals surface area (Å²) in [5.41, 5.74) is 0.916. The Morgan fingerprint density at radius 2 is 2.17 bits per heavy atom. The second-order valence-electron chi connectivity index (χ2n) is 5.67. The molecule has 23 heavy (non-hydrogen) atoms. The van der Waals surface area contributed by atoms with Crippen molar-refractivity contribution < 1.29 is 8.42 Å². The molecule has 0 saturated carbocycles. The highest BCUT2D eigenvalue weighted by molar-refractivity contribution is 7.90. The smallest absolute Gasteiger partial charge is 0.191 e. The van der Waals surface area contributed by atoms with Gasteiger partial charge in [0.2, 0.25) is 0 Å². The van der Waals surface area contributed by atoms with Crippen LogP contribution >= 0.6 is 11.3 Å². The fourth-order valence-corrected chi connectivity index (χ4v) is 3.28. The first kappa shape index (κ1) is 19.7. The molecule has 1 unspecified atom stereocenters.